The number of benzene rings is 3. The quantitative estimate of drug-likeness (QED) is 0.114. The molecule has 6 heteroatoms. The van der Waals surface area contributed by atoms with Crippen LogP contribution in [0.4, 0.5) is 0 Å². The van der Waals surface area contributed by atoms with Crippen LogP contribution >= 0.6 is 0 Å². The van der Waals surface area contributed by atoms with Crippen molar-refractivity contribution in [2.24, 2.45) is 0 Å². The number of carbonyl (C=O) groups is 2. The summed E-state index contributed by atoms with van der Waals surface area (Å²) >= 11 is 0. The summed E-state index contributed by atoms with van der Waals surface area (Å²) in [5.41, 5.74) is 5.07. The molecule has 0 radical (unpaired) electrons. The number of amides is 2. The lowest BCUT2D eigenvalue weighted by Gasteiger charge is -2.31. The van der Waals surface area contributed by atoms with Gasteiger partial charge < -0.3 is 19.1 Å². The molecule has 1 aromatic heterocycles. The summed E-state index contributed by atoms with van der Waals surface area (Å²) in [5, 5.41) is 0. The number of hydrogen-bond donors (Lipinski definition) is 0. The number of nitrogens with zero attached hydrogens (tertiary/aromatic N) is 3. The number of methoxy groups -OCH3 is 1. The van der Waals surface area contributed by atoms with Gasteiger partial charge in [0.2, 0.25) is 5.91 Å². The topological polar surface area (TPSA) is 54.8 Å². The van der Waals surface area contributed by atoms with Crippen molar-refractivity contribution in [2.75, 3.05) is 13.7 Å². The molecule has 1 atom stereocenters. The molecule has 4 aromatic rings. The molecule has 0 saturated heterocycles. The Morgan fingerprint density at radius 3 is 2.27 bits per heavy atom. The third kappa shape index (κ3) is 9.84. The zero-order valence-corrected chi connectivity index (χ0v) is 27.5. The Labute approximate surface area is 269 Å². The molecule has 0 aliphatic carbocycles. The fraction of sp³-hybridized carbons (Fsp3) is 0.385. The van der Waals surface area contributed by atoms with Crippen molar-refractivity contribution in [1.82, 2.24) is 14.4 Å². The first kappa shape index (κ1) is 33.6. The van der Waals surface area contributed by atoms with Gasteiger partial charge in [-0.2, -0.15) is 0 Å². The summed E-state index contributed by atoms with van der Waals surface area (Å²) in [6, 6.07) is 30.1. The van der Waals surface area contributed by atoms with E-state index >= 15 is 0 Å². The van der Waals surface area contributed by atoms with Crippen molar-refractivity contribution in [3.63, 3.8) is 0 Å². The molecule has 3 aromatic carbocycles. The molecule has 0 aliphatic heterocycles. The second kappa shape index (κ2) is 17.2. The fourth-order valence-corrected chi connectivity index (χ4v) is 5.58. The van der Waals surface area contributed by atoms with Crippen LogP contribution in [0.15, 0.2) is 97.2 Å². The van der Waals surface area contributed by atoms with E-state index in [1.807, 2.05) is 84.8 Å². The van der Waals surface area contributed by atoms with Gasteiger partial charge in [0.25, 0.3) is 5.91 Å². The molecular formula is C39H49N3O3. The third-order valence-corrected chi connectivity index (χ3v) is 8.54. The van der Waals surface area contributed by atoms with Gasteiger partial charge in [-0.3, -0.25) is 9.59 Å². The molecule has 4 rings (SSSR count). The molecule has 238 valence electrons. The van der Waals surface area contributed by atoms with Gasteiger partial charge in [-0.15, -0.1) is 0 Å². The maximum Gasteiger partial charge on any atom is 0.254 e. The van der Waals surface area contributed by atoms with Crippen LogP contribution in [0.25, 0.3) is 0 Å². The number of hydrogen-bond acceptors (Lipinski definition) is 3. The molecule has 6 nitrogen and oxygen atoms in total. The minimum Gasteiger partial charge on any atom is -0.497 e. The number of unbranched alkanes of at least 4 members (excludes halogenated alkanes) is 3. The maximum absolute atomic E-state index is 14.1. The summed E-state index contributed by atoms with van der Waals surface area (Å²) < 4.78 is 7.59. The molecule has 1 heterocycles. The van der Waals surface area contributed by atoms with E-state index < -0.39 is 0 Å². The van der Waals surface area contributed by atoms with Crippen LogP contribution in [0.3, 0.4) is 0 Å². The van der Waals surface area contributed by atoms with Crippen LogP contribution in [0.1, 0.15) is 85.6 Å². The van der Waals surface area contributed by atoms with Crippen molar-refractivity contribution < 1.29 is 14.3 Å². The monoisotopic (exact) mass is 607 g/mol. The highest BCUT2D eigenvalue weighted by atomic mass is 16.5. The van der Waals surface area contributed by atoms with Crippen LogP contribution in [-0.2, 0) is 30.8 Å². The first-order valence-corrected chi connectivity index (χ1v) is 16.4. The summed E-state index contributed by atoms with van der Waals surface area (Å²) in [4.78, 5) is 31.6. The van der Waals surface area contributed by atoms with Crippen LogP contribution in [0.5, 0.6) is 5.75 Å². The summed E-state index contributed by atoms with van der Waals surface area (Å²) in [5.74, 6) is 0.643. The van der Waals surface area contributed by atoms with Gasteiger partial charge in [0.15, 0.2) is 0 Å². The molecule has 0 saturated carbocycles. The van der Waals surface area contributed by atoms with E-state index in [-0.39, 0.29) is 24.4 Å². The lowest BCUT2D eigenvalue weighted by atomic mass is 10.0. The summed E-state index contributed by atoms with van der Waals surface area (Å²) in [6.07, 6.45) is 8.69. The first-order chi connectivity index (χ1) is 21.9. The molecule has 0 N–H and O–H groups in total. The lowest BCUT2D eigenvalue weighted by Crippen LogP contribution is -2.46. The molecule has 45 heavy (non-hydrogen) atoms. The Bertz CT molecular complexity index is 1480. The van der Waals surface area contributed by atoms with Gasteiger partial charge in [0, 0.05) is 36.6 Å². The minimum absolute atomic E-state index is 0.0238. The number of ether oxygens (including phenoxy) is 1. The van der Waals surface area contributed by atoms with Crippen molar-refractivity contribution >= 4 is 11.8 Å². The van der Waals surface area contributed by atoms with Gasteiger partial charge >= 0.3 is 0 Å². The maximum atomic E-state index is 14.1. The lowest BCUT2D eigenvalue weighted by molar-refractivity contribution is -0.133. The number of carbonyl (C=O) groups excluding carboxylic acids is 2. The Balaban J connectivity index is 1.52. The van der Waals surface area contributed by atoms with Crippen LogP contribution < -0.4 is 4.74 Å². The Morgan fingerprint density at radius 2 is 1.56 bits per heavy atom. The van der Waals surface area contributed by atoms with Crippen molar-refractivity contribution in [3.8, 4) is 5.75 Å². The van der Waals surface area contributed by atoms with E-state index in [0.29, 0.717) is 25.2 Å². The third-order valence-electron chi connectivity index (χ3n) is 8.54. The van der Waals surface area contributed by atoms with E-state index in [4.69, 9.17) is 4.74 Å². The van der Waals surface area contributed by atoms with Crippen LogP contribution in [0.2, 0.25) is 0 Å². The zero-order valence-electron chi connectivity index (χ0n) is 27.5. The SMILES string of the molecule is CCCCCCc1ccc(C(=O)N(CC(=O)N(Cc2ccccc2)Cc2cccn2Cc2cccc(OC)c2)C(C)CC)cc1. The predicted octanol–water partition coefficient (Wildman–Crippen LogP) is 8.14. The standard InChI is InChI=1S/C39H49N3O3/c1-5-7-8-10-15-32-21-23-35(24-22-32)39(44)42(31(3)6-2)30-38(43)41(27-33-16-11-9-12-17-33)29-36-19-14-25-40(36)28-34-18-13-20-37(26-34)45-4/h9,11-14,16-26,31H,5-8,10,15,27-30H2,1-4H3. The molecule has 1 unspecified atom stereocenters. The normalized spacial score (nSPS) is 11.6. The Morgan fingerprint density at radius 1 is 0.800 bits per heavy atom. The van der Waals surface area contributed by atoms with Gasteiger partial charge in [-0.25, -0.2) is 0 Å². The smallest absolute Gasteiger partial charge is 0.254 e. The van der Waals surface area contributed by atoms with E-state index in [9.17, 15) is 9.59 Å². The summed E-state index contributed by atoms with van der Waals surface area (Å²) in [6.45, 7) is 7.88. The second-order valence-corrected chi connectivity index (χ2v) is 11.9. The van der Waals surface area contributed by atoms with Crippen LogP contribution in [0, 0.1) is 0 Å². The average molecular weight is 608 g/mol. The predicted molar refractivity (Wildman–Crippen MR) is 182 cm³/mol. The minimum atomic E-state index is -0.101. The Kier molecular flexibility index (Phi) is 12.9. The number of aryl methyl sites for hydroxylation is 1. The molecular weight excluding hydrogens is 558 g/mol. The highest BCUT2D eigenvalue weighted by Crippen LogP contribution is 2.19. The first-order valence-electron chi connectivity index (χ1n) is 16.4. The molecule has 0 fully saturated rings. The highest BCUT2D eigenvalue weighted by Gasteiger charge is 2.26. The average Bonchev–Trinajstić information content (AvgIpc) is 3.51. The van der Waals surface area contributed by atoms with Gasteiger partial charge in [0.1, 0.15) is 12.3 Å². The van der Waals surface area contributed by atoms with Crippen molar-refractivity contribution in [1.29, 1.82) is 0 Å². The molecule has 0 spiro atoms. The number of aromatic nitrogens is 1. The largest absolute Gasteiger partial charge is 0.497 e. The van der Waals surface area contributed by atoms with Gasteiger partial charge in [-0.1, -0.05) is 87.7 Å². The molecule has 0 bridgehead atoms. The molecule has 0 aliphatic rings. The van der Waals surface area contributed by atoms with E-state index in [1.54, 1.807) is 12.0 Å². The number of rotatable bonds is 17. The van der Waals surface area contributed by atoms with Crippen molar-refractivity contribution in [3.05, 3.63) is 125 Å². The Hall–Kier alpha value is -4.32. The van der Waals surface area contributed by atoms with Gasteiger partial charge in [0.05, 0.1) is 13.7 Å². The fourth-order valence-electron chi connectivity index (χ4n) is 5.58. The van der Waals surface area contributed by atoms with E-state index in [1.165, 1.54) is 24.8 Å². The van der Waals surface area contributed by atoms with Gasteiger partial charge in [-0.05, 0) is 79.3 Å². The second-order valence-electron chi connectivity index (χ2n) is 11.9. The van der Waals surface area contributed by atoms with Crippen molar-refractivity contribution in [2.45, 2.75) is 85.0 Å². The van der Waals surface area contributed by atoms with E-state index in [0.717, 1.165) is 41.8 Å². The summed E-state index contributed by atoms with van der Waals surface area (Å²) in [7, 11) is 1.67. The molecule has 2 amide bonds. The highest BCUT2D eigenvalue weighted by molar-refractivity contribution is 5.96. The van der Waals surface area contributed by atoms with E-state index in [2.05, 4.69) is 42.7 Å². The van der Waals surface area contributed by atoms with Crippen LogP contribution in [-0.4, -0.2) is 45.9 Å². The zero-order chi connectivity index (χ0) is 32.0.